The van der Waals surface area contributed by atoms with E-state index in [4.69, 9.17) is 5.73 Å². The highest BCUT2D eigenvalue weighted by Crippen LogP contribution is 2.35. The van der Waals surface area contributed by atoms with Crippen LogP contribution in [0.25, 0.3) is 11.0 Å². The number of anilines is 1. The van der Waals surface area contributed by atoms with E-state index in [1.54, 1.807) is 0 Å². The van der Waals surface area contributed by atoms with Gasteiger partial charge in [-0.15, -0.1) is 0 Å². The van der Waals surface area contributed by atoms with Crippen molar-refractivity contribution < 1.29 is 5.11 Å². The van der Waals surface area contributed by atoms with Gasteiger partial charge < -0.3 is 20.3 Å². The number of aliphatic hydroxyl groups excluding tert-OH is 1. The summed E-state index contributed by atoms with van der Waals surface area (Å²) in [5.41, 5.74) is 9.84. The third kappa shape index (κ3) is 2.91. The first-order valence-electron chi connectivity index (χ1n) is 9.26. The van der Waals surface area contributed by atoms with Crippen LogP contribution in [-0.4, -0.2) is 45.8 Å². The molecule has 1 saturated heterocycles. The van der Waals surface area contributed by atoms with E-state index in [9.17, 15) is 5.11 Å². The SMILES string of the molecule is CN1CCC(c2ccc3nc(N)n([C@H]4CC[C@@H](O)CC4)c3c2)CC1. The summed E-state index contributed by atoms with van der Waals surface area (Å²) in [5.74, 6) is 1.26. The Morgan fingerprint density at radius 2 is 1.79 bits per heavy atom. The zero-order chi connectivity index (χ0) is 16.7. The number of hydrogen-bond donors (Lipinski definition) is 2. The summed E-state index contributed by atoms with van der Waals surface area (Å²) in [7, 11) is 2.20. The highest BCUT2D eigenvalue weighted by atomic mass is 16.3. The van der Waals surface area contributed by atoms with Crippen LogP contribution in [0, 0.1) is 0 Å². The Balaban J connectivity index is 1.66. The summed E-state index contributed by atoms with van der Waals surface area (Å²) in [6, 6.07) is 7.05. The molecule has 0 amide bonds. The second-order valence-electron chi connectivity index (χ2n) is 7.63. The van der Waals surface area contributed by atoms with Crippen molar-refractivity contribution in [2.75, 3.05) is 25.9 Å². The summed E-state index contributed by atoms with van der Waals surface area (Å²) < 4.78 is 2.22. The van der Waals surface area contributed by atoms with Gasteiger partial charge in [-0.25, -0.2) is 4.98 Å². The van der Waals surface area contributed by atoms with Gasteiger partial charge in [0, 0.05) is 6.04 Å². The smallest absolute Gasteiger partial charge is 0.201 e. The van der Waals surface area contributed by atoms with Crippen LogP contribution in [0.2, 0.25) is 0 Å². The Kier molecular flexibility index (Phi) is 4.22. The minimum atomic E-state index is -0.146. The molecular formula is C19H28N4O. The molecule has 0 atom stereocenters. The molecule has 1 aliphatic carbocycles. The van der Waals surface area contributed by atoms with Crippen molar-refractivity contribution in [2.24, 2.45) is 0 Å². The molecule has 5 nitrogen and oxygen atoms in total. The predicted octanol–water partition coefficient (Wildman–Crippen LogP) is 2.90. The van der Waals surface area contributed by atoms with Crippen LogP contribution in [-0.2, 0) is 0 Å². The van der Waals surface area contributed by atoms with Crippen molar-refractivity contribution in [3.63, 3.8) is 0 Å². The highest BCUT2D eigenvalue weighted by Gasteiger charge is 2.25. The van der Waals surface area contributed by atoms with Gasteiger partial charge in [-0.3, -0.25) is 0 Å². The van der Waals surface area contributed by atoms with Crippen molar-refractivity contribution in [3.8, 4) is 0 Å². The van der Waals surface area contributed by atoms with Crippen molar-refractivity contribution in [1.82, 2.24) is 14.5 Å². The molecule has 3 N–H and O–H groups in total. The Hall–Kier alpha value is -1.59. The number of likely N-dealkylation sites (tertiary alicyclic amines) is 1. The Bertz CT molecular complexity index is 709. The molecule has 0 unspecified atom stereocenters. The molecule has 5 heteroatoms. The van der Waals surface area contributed by atoms with Crippen LogP contribution < -0.4 is 5.73 Å². The van der Waals surface area contributed by atoms with Crippen LogP contribution in [0.1, 0.15) is 56.0 Å². The lowest BCUT2D eigenvalue weighted by molar-refractivity contribution is 0.112. The van der Waals surface area contributed by atoms with Crippen molar-refractivity contribution in [3.05, 3.63) is 23.8 Å². The number of benzene rings is 1. The molecule has 1 aliphatic heterocycles. The van der Waals surface area contributed by atoms with E-state index in [-0.39, 0.29) is 6.10 Å². The van der Waals surface area contributed by atoms with E-state index in [0.717, 1.165) is 31.2 Å². The van der Waals surface area contributed by atoms with Crippen LogP contribution in [0.4, 0.5) is 5.95 Å². The Morgan fingerprint density at radius 1 is 1.08 bits per heavy atom. The summed E-state index contributed by atoms with van der Waals surface area (Å²) in [5, 5.41) is 9.78. The maximum atomic E-state index is 9.78. The van der Waals surface area contributed by atoms with E-state index in [1.807, 2.05) is 0 Å². The lowest BCUT2D eigenvalue weighted by Crippen LogP contribution is -2.29. The van der Waals surface area contributed by atoms with E-state index in [2.05, 4.69) is 39.7 Å². The molecule has 2 aromatic rings. The van der Waals surface area contributed by atoms with Crippen LogP contribution >= 0.6 is 0 Å². The number of aromatic nitrogens is 2. The van der Waals surface area contributed by atoms with E-state index in [1.165, 1.54) is 37.0 Å². The largest absolute Gasteiger partial charge is 0.393 e. The number of imidazole rings is 1. The standard InChI is InChI=1S/C19H28N4O/c1-22-10-8-13(9-11-22)14-2-7-17-18(12-14)23(19(20)21-17)15-3-5-16(24)6-4-15/h2,7,12-13,15-16,24H,3-6,8-11H2,1H3,(H2,20,21)/t15-,16+. The van der Waals surface area contributed by atoms with Crippen molar-refractivity contribution in [2.45, 2.75) is 56.6 Å². The number of nitrogens with two attached hydrogens (primary N) is 1. The number of fused-ring (bicyclic) bond motifs is 1. The fourth-order valence-electron chi connectivity index (χ4n) is 4.42. The van der Waals surface area contributed by atoms with Gasteiger partial charge in [0.2, 0.25) is 5.95 Å². The number of aliphatic hydroxyl groups is 1. The van der Waals surface area contributed by atoms with Crippen molar-refractivity contribution >= 4 is 17.0 Å². The summed E-state index contributed by atoms with van der Waals surface area (Å²) in [6.45, 7) is 2.34. The maximum Gasteiger partial charge on any atom is 0.201 e. The molecule has 4 rings (SSSR count). The number of piperidine rings is 1. The number of nitrogen functional groups attached to an aromatic ring is 1. The van der Waals surface area contributed by atoms with Crippen LogP contribution in [0.5, 0.6) is 0 Å². The zero-order valence-electron chi connectivity index (χ0n) is 14.5. The molecule has 0 spiro atoms. The third-order valence-electron chi connectivity index (χ3n) is 5.96. The molecule has 24 heavy (non-hydrogen) atoms. The quantitative estimate of drug-likeness (QED) is 0.889. The lowest BCUT2D eigenvalue weighted by Gasteiger charge is -2.30. The van der Waals surface area contributed by atoms with Gasteiger partial charge in [-0.2, -0.15) is 0 Å². The van der Waals surface area contributed by atoms with Gasteiger partial charge in [0.1, 0.15) is 0 Å². The first-order chi connectivity index (χ1) is 11.6. The van der Waals surface area contributed by atoms with E-state index >= 15 is 0 Å². The normalized spacial score (nSPS) is 26.9. The van der Waals surface area contributed by atoms with Gasteiger partial charge in [0.25, 0.3) is 0 Å². The van der Waals surface area contributed by atoms with Gasteiger partial charge in [-0.1, -0.05) is 6.07 Å². The number of nitrogens with zero attached hydrogens (tertiary/aromatic N) is 3. The van der Waals surface area contributed by atoms with Crippen LogP contribution in [0.3, 0.4) is 0 Å². The topological polar surface area (TPSA) is 67.3 Å². The molecular weight excluding hydrogens is 300 g/mol. The molecule has 1 aromatic heterocycles. The van der Waals surface area contributed by atoms with E-state index in [0.29, 0.717) is 17.9 Å². The third-order valence-corrected chi connectivity index (χ3v) is 5.96. The minimum Gasteiger partial charge on any atom is -0.393 e. The van der Waals surface area contributed by atoms with Gasteiger partial charge in [-0.05, 0) is 82.3 Å². The van der Waals surface area contributed by atoms with Gasteiger partial charge in [0.05, 0.1) is 17.1 Å². The number of rotatable bonds is 2. The Labute approximate surface area is 143 Å². The zero-order valence-corrected chi connectivity index (χ0v) is 14.5. The second-order valence-corrected chi connectivity index (χ2v) is 7.63. The van der Waals surface area contributed by atoms with Gasteiger partial charge in [0.15, 0.2) is 0 Å². The molecule has 130 valence electrons. The lowest BCUT2D eigenvalue weighted by atomic mass is 9.89. The molecule has 2 aliphatic rings. The fraction of sp³-hybridized carbons (Fsp3) is 0.632. The van der Waals surface area contributed by atoms with E-state index < -0.39 is 0 Å². The second kappa shape index (κ2) is 6.37. The first kappa shape index (κ1) is 15.9. The maximum absolute atomic E-state index is 9.78. The molecule has 2 fully saturated rings. The molecule has 1 saturated carbocycles. The average molecular weight is 328 g/mol. The first-order valence-corrected chi connectivity index (χ1v) is 9.26. The minimum absolute atomic E-state index is 0.146. The Morgan fingerprint density at radius 3 is 2.50 bits per heavy atom. The molecule has 0 bridgehead atoms. The molecule has 1 aromatic carbocycles. The van der Waals surface area contributed by atoms with Crippen LogP contribution in [0.15, 0.2) is 18.2 Å². The highest BCUT2D eigenvalue weighted by molar-refractivity contribution is 5.79. The van der Waals surface area contributed by atoms with Crippen molar-refractivity contribution in [1.29, 1.82) is 0 Å². The number of hydrogen-bond acceptors (Lipinski definition) is 4. The molecule has 2 heterocycles. The summed E-state index contributed by atoms with van der Waals surface area (Å²) in [4.78, 5) is 6.98. The fourth-order valence-corrected chi connectivity index (χ4v) is 4.42. The average Bonchev–Trinajstić information content (AvgIpc) is 2.91. The summed E-state index contributed by atoms with van der Waals surface area (Å²) >= 11 is 0. The monoisotopic (exact) mass is 328 g/mol. The summed E-state index contributed by atoms with van der Waals surface area (Å²) in [6.07, 6.45) is 5.98. The predicted molar refractivity (Wildman–Crippen MR) is 97.1 cm³/mol. The van der Waals surface area contributed by atoms with Gasteiger partial charge >= 0.3 is 0 Å². The molecule has 0 radical (unpaired) electrons.